The zero-order valence-electron chi connectivity index (χ0n) is 14.0. The first-order chi connectivity index (χ1) is 12.7. The third kappa shape index (κ3) is 3.21. The number of hydrogen-bond acceptors (Lipinski definition) is 4. The van der Waals surface area contributed by atoms with Crippen molar-refractivity contribution in [1.82, 2.24) is 19.7 Å². The van der Waals surface area contributed by atoms with Crippen LogP contribution in [0.1, 0.15) is 10.6 Å². The molecule has 2 aromatic carbocycles. The number of ether oxygens (including phenoxy) is 1. The highest BCUT2D eigenvalue weighted by Gasteiger charge is 2.24. The maximum atomic E-state index is 13.3. The second-order valence-electron chi connectivity index (χ2n) is 5.92. The first-order valence-corrected chi connectivity index (χ1v) is 8.38. The van der Waals surface area contributed by atoms with Gasteiger partial charge in [0.05, 0.1) is 18.9 Å². The van der Waals surface area contributed by atoms with E-state index in [4.69, 9.17) is 4.74 Å². The van der Waals surface area contributed by atoms with Crippen LogP contribution in [0.5, 0.6) is 0 Å². The molecule has 2 heterocycles. The van der Waals surface area contributed by atoms with Crippen molar-refractivity contribution in [1.29, 1.82) is 0 Å². The smallest absolute Gasteiger partial charge is 0.293 e. The Kier molecular flexibility index (Phi) is 4.45. The van der Waals surface area contributed by atoms with Gasteiger partial charge in [0, 0.05) is 18.7 Å². The monoisotopic (exact) mass is 352 g/mol. The molecule has 7 heteroatoms. The molecule has 3 aromatic rings. The summed E-state index contributed by atoms with van der Waals surface area (Å²) in [6.45, 7) is 2.06. The van der Waals surface area contributed by atoms with Crippen LogP contribution in [0.4, 0.5) is 4.39 Å². The average molecular weight is 352 g/mol. The van der Waals surface area contributed by atoms with Gasteiger partial charge in [0.2, 0.25) is 5.82 Å². The van der Waals surface area contributed by atoms with Crippen LogP contribution in [0.2, 0.25) is 0 Å². The number of nitrogens with zero attached hydrogens (tertiary/aromatic N) is 4. The lowest BCUT2D eigenvalue weighted by Gasteiger charge is -2.25. The van der Waals surface area contributed by atoms with Gasteiger partial charge in [-0.25, -0.2) is 14.1 Å². The lowest BCUT2D eigenvalue weighted by atomic mass is 10.2. The highest BCUT2D eigenvalue weighted by molar-refractivity contribution is 5.91. The van der Waals surface area contributed by atoms with Crippen LogP contribution in [0.3, 0.4) is 0 Å². The molecule has 0 spiro atoms. The van der Waals surface area contributed by atoms with E-state index in [1.165, 1.54) is 12.1 Å². The minimum Gasteiger partial charge on any atom is -0.378 e. The van der Waals surface area contributed by atoms with E-state index in [2.05, 4.69) is 10.1 Å². The molecule has 26 heavy (non-hydrogen) atoms. The van der Waals surface area contributed by atoms with E-state index in [1.54, 1.807) is 21.7 Å². The summed E-state index contributed by atoms with van der Waals surface area (Å²) in [5.41, 5.74) is 1.46. The number of amides is 1. The molecular weight excluding hydrogens is 335 g/mol. The number of aromatic nitrogens is 3. The molecular formula is C19H17FN4O2. The molecule has 0 aliphatic carbocycles. The maximum Gasteiger partial charge on any atom is 0.293 e. The van der Waals surface area contributed by atoms with E-state index in [-0.39, 0.29) is 17.5 Å². The third-order valence-electron chi connectivity index (χ3n) is 4.20. The fourth-order valence-corrected chi connectivity index (χ4v) is 2.85. The molecule has 1 aliphatic rings. The van der Waals surface area contributed by atoms with Gasteiger partial charge in [0.25, 0.3) is 5.91 Å². The van der Waals surface area contributed by atoms with Gasteiger partial charge in [-0.05, 0) is 24.3 Å². The standard InChI is InChI=1S/C19H17FN4O2/c20-15-6-8-16(9-7-15)24-18(14-4-2-1-3-5-14)21-17(22-24)19(25)23-10-12-26-13-11-23/h1-9H,10-13H2. The number of rotatable bonds is 3. The van der Waals surface area contributed by atoms with Crippen LogP contribution >= 0.6 is 0 Å². The predicted molar refractivity (Wildman–Crippen MR) is 93.5 cm³/mol. The normalized spacial score (nSPS) is 14.4. The van der Waals surface area contributed by atoms with Crippen molar-refractivity contribution in [2.45, 2.75) is 0 Å². The number of hydrogen-bond donors (Lipinski definition) is 0. The van der Waals surface area contributed by atoms with E-state index in [0.717, 1.165) is 5.56 Å². The van der Waals surface area contributed by atoms with Crippen molar-refractivity contribution in [2.75, 3.05) is 26.3 Å². The van der Waals surface area contributed by atoms with Crippen LogP contribution in [0.15, 0.2) is 54.6 Å². The lowest BCUT2D eigenvalue weighted by molar-refractivity contribution is 0.0295. The second-order valence-corrected chi connectivity index (χ2v) is 5.92. The van der Waals surface area contributed by atoms with Gasteiger partial charge in [-0.3, -0.25) is 4.79 Å². The van der Waals surface area contributed by atoms with Crippen molar-refractivity contribution >= 4 is 5.91 Å². The summed E-state index contributed by atoms with van der Waals surface area (Å²) in [6, 6.07) is 15.4. The average Bonchev–Trinajstić information content (AvgIpc) is 3.15. The quantitative estimate of drug-likeness (QED) is 0.727. The van der Waals surface area contributed by atoms with Crippen molar-refractivity contribution in [3.05, 3.63) is 66.2 Å². The van der Waals surface area contributed by atoms with Gasteiger partial charge in [-0.2, -0.15) is 0 Å². The molecule has 0 unspecified atom stereocenters. The fourth-order valence-electron chi connectivity index (χ4n) is 2.85. The Morgan fingerprint density at radius 2 is 1.69 bits per heavy atom. The van der Waals surface area contributed by atoms with E-state index in [1.807, 2.05) is 30.3 Å². The molecule has 1 saturated heterocycles. The topological polar surface area (TPSA) is 60.2 Å². The van der Waals surface area contributed by atoms with Gasteiger partial charge in [0.1, 0.15) is 5.82 Å². The van der Waals surface area contributed by atoms with E-state index < -0.39 is 0 Å². The van der Waals surface area contributed by atoms with Crippen molar-refractivity contribution < 1.29 is 13.9 Å². The Morgan fingerprint density at radius 1 is 1.00 bits per heavy atom. The number of halogens is 1. The molecule has 1 aliphatic heterocycles. The van der Waals surface area contributed by atoms with E-state index >= 15 is 0 Å². The fraction of sp³-hybridized carbons (Fsp3) is 0.211. The zero-order valence-corrected chi connectivity index (χ0v) is 14.0. The van der Waals surface area contributed by atoms with Crippen LogP contribution in [-0.2, 0) is 4.74 Å². The molecule has 0 radical (unpaired) electrons. The summed E-state index contributed by atoms with van der Waals surface area (Å²) in [6.07, 6.45) is 0. The first-order valence-electron chi connectivity index (χ1n) is 8.38. The summed E-state index contributed by atoms with van der Waals surface area (Å²) >= 11 is 0. The molecule has 0 saturated carbocycles. The molecule has 132 valence electrons. The number of benzene rings is 2. The Morgan fingerprint density at radius 3 is 2.38 bits per heavy atom. The van der Waals surface area contributed by atoms with Crippen LogP contribution in [0, 0.1) is 5.82 Å². The van der Waals surface area contributed by atoms with Crippen molar-refractivity contribution in [3.63, 3.8) is 0 Å². The maximum absolute atomic E-state index is 13.3. The van der Waals surface area contributed by atoms with Crippen molar-refractivity contribution in [2.24, 2.45) is 0 Å². The molecule has 1 aromatic heterocycles. The minimum atomic E-state index is -0.334. The Balaban J connectivity index is 1.77. The van der Waals surface area contributed by atoms with Crippen LogP contribution in [0.25, 0.3) is 17.1 Å². The summed E-state index contributed by atoms with van der Waals surface area (Å²) in [4.78, 5) is 18.9. The molecule has 1 amide bonds. The highest BCUT2D eigenvalue weighted by atomic mass is 19.1. The van der Waals surface area contributed by atoms with Gasteiger partial charge in [-0.15, -0.1) is 5.10 Å². The summed E-state index contributed by atoms with van der Waals surface area (Å²) in [7, 11) is 0. The van der Waals surface area contributed by atoms with E-state index in [0.29, 0.717) is 37.8 Å². The lowest BCUT2D eigenvalue weighted by Crippen LogP contribution is -2.41. The van der Waals surface area contributed by atoms with Crippen molar-refractivity contribution in [3.8, 4) is 17.1 Å². The third-order valence-corrected chi connectivity index (χ3v) is 4.20. The molecule has 0 bridgehead atoms. The second kappa shape index (κ2) is 7.05. The van der Waals surface area contributed by atoms with Gasteiger partial charge < -0.3 is 9.64 Å². The first kappa shape index (κ1) is 16.4. The van der Waals surface area contributed by atoms with Crippen LogP contribution < -0.4 is 0 Å². The number of carbonyl (C=O) groups is 1. The molecule has 6 nitrogen and oxygen atoms in total. The van der Waals surface area contributed by atoms with Gasteiger partial charge >= 0.3 is 0 Å². The molecule has 1 fully saturated rings. The van der Waals surface area contributed by atoms with Gasteiger partial charge in [-0.1, -0.05) is 30.3 Å². The SMILES string of the molecule is O=C(c1nc(-c2ccccc2)n(-c2ccc(F)cc2)n1)N1CCOCC1. The molecule has 0 N–H and O–H groups in total. The Hall–Kier alpha value is -3.06. The predicted octanol–water partition coefficient (Wildman–Crippen LogP) is 2.55. The summed E-state index contributed by atoms with van der Waals surface area (Å²) in [5.74, 6) is 0.0926. The molecule has 0 atom stereocenters. The van der Waals surface area contributed by atoms with Gasteiger partial charge in [0.15, 0.2) is 5.82 Å². The minimum absolute atomic E-state index is 0.120. The zero-order chi connectivity index (χ0) is 17.9. The number of morpholine rings is 1. The number of carbonyl (C=O) groups excluding carboxylic acids is 1. The Labute approximate surface area is 149 Å². The highest BCUT2D eigenvalue weighted by Crippen LogP contribution is 2.22. The van der Waals surface area contributed by atoms with Crippen LogP contribution in [-0.4, -0.2) is 51.9 Å². The molecule has 4 rings (SSSR count). The Bertz CT molecular complexity index is 903. The summed E-state index contributed by atoms with van der Waals surface area (Å²) in [5, 5.41) is 4.41. The largest absolute Gasteiger partial charge is 0.378 e. The summed E-state index contributed by atoms with van der Waals surface area (Å²) < 4.78 is 20.1. The van der Waals surface area contributed by atoms with E-state index in [9.17, 15) is 9.18 Å².